The maximum absolute atomic E-state index is 14.1. The van der Waals surface area contributed by atoms with E-state index in [1.54, 1.807) is 71.4 Å². The monoisotopic (exact) mass is 681 g/mol. The topological polar surface area (TPSA) is 132 Å². The molecule has 0 radical (unpaired) electrons. The normalized spacial score (nSPS) is 12.1. The third kappa shape index (κ3) is 9.94. The third-order valence-electron chi connectivity index (χ3n) is 6.74. The number of ether oxygens (including phenoxy) is 2. The molecule has 0 fully saturated rings. The second-order valence-corrected chi connectivity index (χ2v) is 13.1. The first-order chi connectivity index (χ1) is 22.7. The average Bonchev–Trinajstić information content (AvgIpc) is 3.42. The Morgan fingerprint density at radius 2 is 1.88 bits per heavy atom. The van der Waals surface area contributed by atoms with Crippen molar-refractivity contribution < 1.29 is 32.6 Å². The number of nitrogens with zero attached hydrogens (tertiary/aromatic N) is 3. The van der Waals surface area contributed by atoms with E-state index in [2.05, 4.69) is 15.6 Å². The maximum Gasteiger partial charge on any atom is 0.408 e. The number of likely N-dealkylation sites (N-methyl/N-ethyl adjacent to an activating group) is 1. The number of carbonyl (C=O) groups excluding carboxylic acids is 3. The second kappa shape index (κ2) is 15.7. The van der Waals surface area contributed by atoms with E-state index >= 15 is 0 Å². The van der Waals surface area contributed by atoms with Crippen molar-refractivity contribution in [2.75, 3.05) is 19.4 Å². The number of thiazole rings is 1. The van der Waals surface area contributed by atoms with Gasteiger partial charge in [0.15, 0.2) is 0 Å². The first kappa shape index (κ1) is 35.7. The van der Waals surface area contributed by atoms with Gasteiger partial charge in [-0.3, -0.25) is 14.4 Å². The van der Waals surface area contributed by atoms with Crippen molar-refractivity contribution in [2.24, 2.45) is 0 Å². The number of benzene rings is 2. The maximum atomic E-state index is 14.1. The van der Waals surface area contributed by atoms with E-state index in [0.717, 1.165) is 12.1 Å². The molecule has 2 heterocycles. The number of alkyl carbamates (subject to hydrolysis) is 1. The Bertz CT molecular complexity index is 1880. The van der Waals surface area contributed by atoms with Crippen molar-refractivity contribution >= 4 is 45.1 Å². The summed E-state index contributed by atoms with van der Waals surface area (Å²) >= 11 is 1.29. The lowest BCUT2D eigenvalue weighted by Gasteiger charge is -2.23. The zero-order valence-corrected chi connectivity index (χ0v) is 28.0. The fraction of sp³-hybridized carbons (Fsp3) is 0.324. The number of anilines is 1. The molecule has 2 aromatic heterocycles. The Labute approximate surface area is 280 Å². The molecule has 2 aromatic carbocycles. The molecule has 14 heteroatoms. The average molecular weight is 682 g/mol. The molecule has 1 unspecified atom stereocenters. The van der Waals surface area contributed by atoms with Crippen LogP contribution < -0.4 is 20.9 Å². The van der Waals surface area contributed by atoms with Gasteiger partial charge in [0.25, 0.3) is 5.56 Å². The summed E-state index contributed by atoms with van der Waals surface area (Å²) in [6.07, 6.45) is 4.15. The van der Waals surface area contributed by atoms with Crippen molar-refractivity contribution in [3.8, 4) is 5.75 Å². The van der Waals surface area contributed by atoms with E-state index in [-0.39, 0.29) is 43.2 Å². The standard InChI is InChI=1S/C34H37F2N5O6S/c1-34(2,3)47-33(45)39-25(10-6-7-14-29(42)40(4)5)31(43)38-26-12-9-17-41(32(26)44)19-28-37-24-11-8-13-27(30(24)48-28)46-20-21-15-16-22(35)18-23(21)36/h7-9,11-18,25H,6,10,19-20H2,1-5H3,(H,38,43)(H,39,45). The summed E-state index contributed by atoms with van der Waals surface area (Å²) in [6, 6.07) is 10.5. The van der Waals surface area contributed by atoms with Crippen LogP contribution in [0, 0.1) is 11.6 Å². The minimum Gasteiger partial charge on any atom is -0.487 e. The number of allylic oxidation sites excluding steroid dienone is 1. The number of amides is 3. The lowest BCUT2D eigenvalue weighted by molar-refractivity contribution is -0.123. The largest absolute Gasteiger partial charge is 0.487 e. The number of rotatable bonds is 12. The molecule has 0 bridgehead atoms. The summed E-state index contributed by atoms with van der Waals surface area (Å²) in [5.41, 5.74) is -0.501. The Balaban J connectivity index is 1.48. The quantitative estimate of drug-likeness (QED) is 0.186. The van der Waals surface area contributed by atoms with Crippen molar-refractivity contribution in [3.05, 3.63) is 99.4 Å². The van der Waals surface area contributed by atoms with Crippen LogP contribution in [0.3, 0.4) is 0 Å². The molecule has 2 N–H and O–H groups in total. The van der Waals surface area contributed by atoms with Crippen LogP contribution in [-0.4, -0.2) is 58.1 Å². The first-order valence-electron chi connectivity index (χ1n) is 15.0. The Kier molecular flexibility index (Phi) is 11.7. The number of fused-ring (bicyclic) bond motifs is 1. The zero-order chi connectivity index (χ0) is 35.0. The van der Waals surface area contributed by atoms with Gasteiger partial charge in [-0.05, 0) is 76.1 Å². The fourth-order valence-electron chi connectivity index (χ4n) is 4.38. The summed E-state index contributed by atoms with van der Waals surface area (Å²) in [7, 11) is 3.23. The van der Waals surface area contributed by atoms with Gasteiger partial charge in [-0.2, -0.15) is 0 Å². The minimum absolute atomic E-state index is 0.0109. The third-order valence-corrected chi connectivity index (χ3v) is 7.81. The number of aromatic nitrogens is 2. The van der Waals surface area contributed by atoms with Crippen LogP contribution in [0.25, 0.3) is 10.2 Å². The highest BCUT2D eigenvalue weighted by Gasteiger charge is 2.25. The molecule has 0 aliphatic carbocycles. The number of hydrogen-bond donors (Lipinski definition) is 2. The van der Waals surface area contributed by atoms with Gasteiger partial charge < -0.3 is 29.6 Å². The zero-order valence-electron chi connectivity index (χ0n) is 27.2. The number of hydrogen-bond acceptors (Lipinski definition) is 8. The van der Waals surface area contributed by atoms with E-state index in [1.165, 1.54) is 39.0 Å². The minimum atomic E-state index is -1.07. The van der Waals surface area contributed by atoms with Gasteiger partial charge in [0.1, 0.15) is 46.3 Å². The number of nitrogens with one attached hydrogen (secondary N) is 2. The molecule has 0 aliphatic heterocycles. The Morgan fingerprint density at radius 1 is 1.10 bits per heavy atom. The van der Waals surface area contributed by atoms with Crippen LogP contribution in [0.1, 0.15) is 44.2 Å². The highest BCUT2D eigenvalue weighted by Crippen LogP contribution is 2.32. The van der Waals surface area contributed by atoms with Crippen LogP contribution in [0.5, 0.6) is 5.75 Å². The molecule has 3 amide bonds. The van der Waals surface area contributed by atoms with Gasteiger partial charge in [0.2, 0.25) is 11.8 Å². The van der Waals surface area contributed by atoms with E-state index in [1.807, 2.05) is 0 Å². The second-order valence-electron chi connectivity index (χ2n) is 12.0. The molecule has 0 spiro atoms. The van der Waals surface area contributed by atoms with Crippen molar-refractivity contribution in [1.29, 1.82) is 0 Å². The Hall–Kier alpha value is -5.11. The van der Waals surface area contributed by atoms with Gasteiger partial charge in [-0.25, -0.2) is 18.6 Å². The van der Waals surface area contributed by atoms with Crippen molar-refractivity contribution in [2.45, 2.75) is 58.4 Å². The molecule has 0 saturated heterocycles. The van der Waals surface area contributed by atoms with Gasteiger partial charge >= 0.3 is 6.09 Å². The van der Waals surface area contributed by atoms with Gasteiger partial charge in [-0.15, -0.1) is 11.3 Å². The summed E-state index contributed by atoms with van der Waals surface area (Å²) in [4.78, 5) is 57.1. The number of pyridine rings is 1. The van der Waals surface area contributed by atoms with Crippen molar-refractivity contribution in [3.63, 3.8) is 0 Å². The molecule has 11 nitrogen and oxygen atoms in total. The van der Waals surface area contributed by atoms with Crippen LogP contribution >= 0.6 is 11.3 Å². The molecule has 254 valence electrons. The highest BCUT2D eigenvalue weighted by atomic mass is 32.1. The summed E-state index contributed by atoms with van der Waals surface area (Å²) < 4.78 is 40.6. The predicted molar refractivity (Wildman–Crippen MR) is 179 cm³/mol. The molecular formula is C34H37F2N5O6S. The molecule has 4 rings (SSSR count). The summed E-state index contributed by atoms with van der Waals surface area (Å²) in [6.45, 7) is 5.04. The molecular weight excluding hydrogens is 644 g/mol. The molecule has 48 heavy (non-hydrogen) atoms. The van der Waals surface area contributed by atoms with E-state index in [4.69, 9.17) is 9.47 Å². The van der Waals surface area contributed by atoms with Crippen LogP contribution in [0.4, 0.5) is 19.3 Å². The molecule has 0 saturated carbocycles. The number of halogens is 2. The van der Waals surface area contributed by atoms with E-state index in [0.29, 0.717) is 21.0 Å². The predicted octanol–water partition coefficient (Wildman–Crippen LogP) is 5.62. The van der Waals surface area contributed by atoms with Gasteiger partial charge in [0.05, 0.1) is 16.8 Å². The van der Waals surface area contributed by atoms with Gasteiger partial charge in [-0.1, -0.05) is 12.1 Å². The SMILES string of the molecule is CN(C)C(=O)C=CCCC(NC(=O)OC(C)(C)C)C(=O)Nc1cccn(Cc2nc3cccc(OCc4ccc(F)cc4F)c3s2)c1=O. The fourth-order valence-corrected chi connectivity index (χ4v) is 5.41. The highest BCUT2D eigenvalue weighted by molar-refractivity contribution is 7.19. The summed E-state index contributed by atoms with van der Waals surface area (Å²) in [5, 5.41) is 5.74. The summed E-state index contributed by atoms with van der Waals surface area (Å²) in [5.74, 6) is -1.79. The number of carbonyl (C=O) groups is 3. The van der Waals surface area contributed by atoms with Gasteiger partial charge in [0, 0.05) is 31.9 Å². The van der Waals surface area contributed by atoms with Crippen LogP contribution in [0.15, 0.2) is 71.7 Å². The first-order valence-corrected chi connectivity index (χ1v) is 15.8. The molecule has 0 aliphatic rings. The van der Waals surface area contributed by atoms with E-state index in [9.17, 15) is 28.0 Å². The Morgan fingerprint density at radius 3 is 2.58 bits per heavy atom. The molecule has 4 aromatic rings. The van der Waals surface area contributed by atoms with Crippen LogP contribution in [-0.2, 0) is 27.5 Å². The van der Waals surface area contributed by atoms with Crippen LogP contribution in [0.2, 0.25) is 0 Å². The smallest absolute Gasteiger partial charge is 0.408 e. The van der Waals surface area contributed by atoms with E-state index < -0.39 is 40.8 Å². The lowest BCUT2D eigenvalue weighted by Crippen LogP contribution is -2.46. The lowest BCUT2D eigenvalue weighted by atomic mass is 10.1. The van der Waals surface area contributed by atoms with Crippen molar-refractivity contribution in [1.82, 2.24) is 19.8 Å². The molecule has 1 atom stereocenters.